The van der Waals surface area contributed by atoms with E-state index in [2.05, 4.69) is 9.88 Å². The molecular weight excluding hydrogens is 366 g/mol. The van der Waals surface area contributed by atoms with Crippen LogP contribution in [0.25, 0.3) is 0 Å². The number of aromatic nitrogens is 1. The minimum absolute atomic E-state index is 0.102. The van der Waals surface area contributed by atoms with Crippen LogP contribution in [0.5, 0.6) is 0 Å². The van der Waals surface area contributed by atoms with Crippen LogP contribution in [0.15, 0.2) is 33.7 Å². The lowest BCUT2D eigenvalue weighted by Gasteiger charge is -2.19. The van der Waals surface area contributed by atoms with Crippen molar-refractivity contribution in [1.29, 1.82) is 0 Å². The average molecular weight is 387 g/mol. The third-order valence-corrected chi connectivity index (χ3v) is 6.30. The molecule has 0 spiro atoms. The number of rotatable bonds is 7. The monoisotopic (exact) mass is 387 g/mol. The molecule has 10 heteroatoms. The van der Waals surface area contributed by atoms with Crippen LogP contribution >= 0.6 is 0 Å². The minimum atomic E-state index is -3.73. The summed E-state index contributed by atoms with van der Waals surface area (Å²) in [5, 5.41) is 3.67. The predicted molar refractivity (Wildman–Crippen MR) is 94.5 cm³/mol. The predicted octanol–water partition coefficient (Wildman–Crippen LogP) is 1.34. The zero-order valence-corrected chi connectivity index (χ0v) is 16.1. The summed E-state index contributed by atoms with van der Waals surface area (Å²) in [6.07, 6.45) is 1.02. The summed E-state index contributed by atoms with van der Waals surface area (Å²) in [6.45, 7) is 5.15. The Morgan fingerprint density at radius 2 is 1.76 bits per heavy atom. The lowest BCUT2D eigenvalue weighted by Crippen LogP contribution is -2.38. The molecule has 0 radical (unpaired) electrons. The van der Waals surface area contributed by atoms with Crippen molar-refractivity contribution in [2.75, 3.05) is 23.7 Å². The molecule has 1 aromatic carbocycles. The second-order valence-corrected chi connectivity index (χ2v) is 9.45. The van der Waals surface area contributed by atoms with E-state index in [0.29, 0.717) is 5.76 Å². The number of hydrogen-bond acceptors (Lipinski definition) is 6. The molecule has 0 aliphatic heterocycles. The molecule has 0 amide bonds. The van der Waals surface area contributed by atoms with Crippen molar-refractivity contribution in [2.24, 2.45) is 0 Å². The van der Waals surface area contributed by atoms with Gasteiger partial charge in [-0.3, -0.25) is 0 Å². The van der Waals surface area contributed by atoms with Crippen LogP contribution in [-0.2, 0) is 20.0 Å². The van der Waals surface area contributed by atoms with E-state index < -0.39 is 20.0 Å². The van der Waals surface area contributed by atoms with Crippen molar-refractivity contribution >= 4 is 25.9 Å². The molecule has 138 valence electrons. The van der Waals surface area contributed by atoms with Gasteiger partial charge in [0.1, 0.15) is 5.76 Å². The van der Waals surface area contributed by atoms with Gasteiger partial charge in [-0.2, -0.15) is 0 Å². The highest BCUT2D eigenvalue weighted by Crippen LogP contribution is 2.17. The zero-order valence-electron chi connectivity index (χ0n) is 14.5. The van der Waals surface area contributed by atoms with E-state index in [-0.39, 0.29) is 23.8 Å². The van der Waals surface area contributed by atoms with Gasteiger partial charge in [-0.1, -0.05) is 11.2 Å². The van der Waals surface area contributed by atoms with Crippen molar-refractivity contribution in [3.63, 3.8) is 0 Å². The number of benzene rings is 1. The van der Waals surface area contributed by atoms with Gasteiger partial charge in [0.2, 0.25) is 20.0 Å². The first-order chi connectivity index (χ1) is 11.5. The molecule has 0 saturated carbocycles. The third kappa shape index (κ3) is 4.80. The maximum absolute atomic E-state index is 12.4. The van der Waals surface area contributed by atoms with E-state index in [9.17, 15) is 16.8 Å². The quantitative estimate of drug-likeness (QED) is 0.768. The Balaban J connectivity index is 2.12. The fraction of sp³-hybridized carbons (Fsp3) is 0.400. The minimum Gasteiger partial charge on any atom is -0.360 e. The molecule has 1 N–H and O–H groups in total. The summed E-state index contributed by atoms with van der Waals surface area (Å²) in [5.74, 6) is 0.574. The molecule has 2 rings (SSSR count). The van der Waals surface area contributed by atoms with Crippen LogP contribution in [0.4, 0.5) is 5.82 Å². The number of nitrogens with one attached hydrogen (secondary N) is 1. The SMILES string of the molecule is Cc1cc(N(CCNS(=O)(=O)c2ccc(C)c(C)c2)S(C)(=O)=O)no1. The Labute approximate surface area is 147 Å². The normalized spacial score (nSPS) is 12.3. The first-order valence-electron chi connectivity index (χ1n) is 7.48. The van der Waals surface area contributed by atoms with Crippen molar-refractivity contribution in [1.82, 2.24) is 9.88 Å². The smallest absolute Gasteiger partial charge is 0.240 e. The zero-order chi connectivity index (χ0) is 18.8. The third-order valence-electron chi connectivity index (χ3n) is 3.67. The molecule has 0 saturated heterocycles. The lowest BCUT2D eigenvalue weighted by molar-refractivity contribution is 0.398. The molecular formula is C15H21N3O5S2. The van der Waals surface area contributed by atoms with E-state index in [4.69, 9.17) is 4.52 Å². The fourth-order valence-electron chi connectivity index (χ4n) is 2.17. The van der Waals surface area contributed by atoms with Gasteiger partial charge in [0, 0.05) is 19.2 Å². The van der Waals surface area contributed by atoms with Crippen molar-refractivity contribution in [3.8, 4) is 0 Å². The largest absolute Gasteiger partial charge is 0.360 e. The maximum Gasteiger partial charge on any atom is 0.240 e. The molecule has 0 aliphatic carbocycles. The van der Waals surface area contributed by atoms with Crippen LogP contribution in [0.1, 0.15) is 16.9 Å². The summed E-state index contributed by atoms with van der Waals surface area (Å²) >= 11 is 0. The Kier molecular flexibility index (Phi) is 5.55. The first-order valence-corrected chi connectivity index (χ1v) is 10.8. The number of sulfonamides is 2. The summed E-state index contributed by atoms with van der Waals surface area (Å²) < 4.78 is 56.8. The second kappa shape index (κ2) is 7.14. The Morgan fingerprint density at radius 1 is 1.08 bits per heavy atom. The van der Waals surface area contributed by atoms with Crippen molar-refractivity contribution < 1.29 is 21.4 Å². The molecule has 0 bridgehead atoms. The van der Waals surface area contributed by atoms with E-state index in [1.54, 1.807) is 19.1 Å². The van der Waals surface area contributed by atoms with Gasteiger partial charge < -0.3 is 4.52 Å². The molecule has 1 aromatic heterocycles. The molecule has 25 heavy (non-hydrogen) atoms. The highest BCUT2D eigenvalue weighted by atomic mass is 32.2. The maximum atomic E-state index is 12.4. The highest BCUT2D eigenvalue weighted by molar-refractivity contribution is 7.92. The van der Waals surface area contributed by atoms with Crippen LogP contribution in [-0.4, -0.2) is 41.3 Å². The van der Waals surface area contributed by atoms with Gasteiger partial charge in [-0.25, -0.2) is 25.9 Å². The van der Waals surface area contributed by atoms with Gasteiger partial charge in [0.25, 0.3) is 0 Å². The second-order valence-electron chi connectivity index (χ2n) is 5.77. The standard InChI is InChI=1S/C15H21N3O5S2/c1-11-5-6-14(9-12(11)2)25(21,22)16-7-8-18(24(4,19)20)15-10-13(3)23-17-15/h5-6,9-10,16H,7-8H2,1-4H3. The van der Waals surface area contributed by atoms with Crippen LogP contribution in [0.3, 0.4) is 0 Å². The molecule has 0 atom stereocenters. The number of aryl methyl sites for hydroxylation is 3. The average Bonchev–Trinajstić information content (AvgIpc) is 2.91. The van der Waals surface area contributed by atoms with Crippen LogP contribution in [0.2, 0.25) is 0 Å². The van der Waals surface area contributed by atoms with Crippen LogP contribution in [0, 0.1) is 20.8 Å². The Hall–Kier alpha value is -1.91. The van der Waals surface area contributed by atoms with Gasteiger partial charge in [-0.05, 0) is 44.0 Å². The van der Waals surface area contributed by atoms with Crippen molar-refractivity contribution in [2.45, 2.75) is 25.7 Å². The van der Waals surface area contributed by atoms with Gasteiger partial charge >= 0.3 is 0 Å². The van der Waals surface area contributed by atoms with Gasteiger partial charge in [-0.15, -0.1) is 0 Å². The molecule has 0 aliphatic rings. The number of hydrogen-bond donors (Lipinski definition) is 1. The summed E-state index contributed by atoms with van der Waals surface area (Å²) in [6, 6.07) is 6.29. The number of anilines is 1. The lowest BCUT2D eigenvalue weighted by atomic mass is 10.1. The highest BCUT2D eigenvalue weighted by Gasteiger charge is 2.22. The van der Waals surface area contributed by atoms with E-state index in [1.165, 1.54) is 12.1 Å². The number of nitrogens with zero attached hydrogens (tertiary/aromatic N) is 2. The van der Waals surface area contributed by atoms with Gasteiger partial charge in [0.05, 0.1) is 11.2 Å². The van der Waals surface area contributed by atoms with E-state index >= 15 is 0 Å². The van der Waals surface area contributed by atoms with Crippen LogP contribution < -0.4 is 9.03 Å². The van der Waals surface area contributed by atoms with Gasteiger partial charge in [0.15, 0.2) is 5.82 Å². The summed E-state index contributed by atoms with van der Waals surface area (Å²) in [7, 11) is -7.36. The molecule has 2 aromatic rings. The molecule has 0 unspecified atom stereocenters. The van der Waals surface area contributed by atoms with Crippen molar-refractivity contribution in [3.05, 3.63) is 41.2 Å². The molecule has 1 heterocycles. The molecule has 0 fully saturated rings. The Morgan fingerprint density at radius 3 is 2.28 bits per heavy atom. The fourth-order valence-corrected chi connectivity index (χ4v) is 4.12. The topological polar surface area (TPSA) is 110 Å². The summed E-state index contributed by atoms with van der Waals surface area (Å²) in [5.41, 5.74) is 1.85. The van der Waals surface area contributed by atoms with E-state index in [0.717, 1.165) is 21.7 Å². The molecule has 8 nitrogen and oxygen atoms in total. The van der Waals surface area contributed by atoms with E-state index in [1.807, 2.05) is 13.8 Å². The Bertz CT molecular complexity index is 965. The summed E-state index contributed by atoms with van der Waals surface area (Å²) in [4.78, 5) is 0.138. The first kappa shape index (κ1) is 19.4.